The molecule has 2 amide bonds. The number of carboxylic acid groups (broad SMARTS) is 1. The van der Waals surface area contributed by atoms with Gasteiger partial charge in [-0.3, -0.25) is 4.79 Å². The quantitative estimate of drug-likeness (QED) is 0.230. The first-order valence-corrected chi connectivity index (χ1v) is 13.1. The largest absolute Gasteiger partial charge is 0.480 e. The van der Waals surface area contributed by atoms with E-state index in [-0.39, 0.29) is 17.7 Å². The zero-order valence-electron chi connectivity index (χ0n) is 21.8. The van der Waals surface area contributed by atoms with Gasteiger partial charge >= 0.3 is 12.1 Å². The third-order valence-electron chi connectivity index (χ3n) is 5.91. The molecule has 2 N–H and O–H groups in total. The molecule has 0 fully saturated rings. The molecular weight excluding hydrogens is 576 g/mol. The number of carboxylic acids is 1. The Morgan fingerprint density at radius 2 is 1.55 bits per heavy atom. The number of benzene rings is 4. The fourth-order valence-electron chi connectivity index (χ4n) is 3.86. The maximum absolute atomic E-state index is 13.1. The summed E-state index contributed by atoms with van der Waals surface area (Å²) >= 11 is 3.30. The lowest BCUT2D eigenvalue weighted by Gasteiger charge is -2.18. The van der Waals surface area contributed by atoms with Crippen molar-refractivity contribution in [1.82, 2.24) is 10.2 Å². The number of hydrogen-bond acceptors (Lipinski definition) is 5. The minimum Gasteiger partial charge on any atom is -0.480 e. The highest BCUT2D eigenvalue weighted by Crippen LogP contribution is 2.33. The van der Waals surface area contributed by atoms with Crippen molar-refractivity contribution in [3.63, 3.8) is 0 Å². The average molecular weight is 603 g/mol. The summed E-state index contributed by atoms with van der Waals surface area (Å²) in [7, 11) is 3.03. The van der Waals surface area contributed by atoms with Crippen molar-refractivity contribution in [3.05, 3.63) is 113 Å². The van der Waals surface area contributed by atoms with Crippen molar-refractivity contribution in [3.8, 4) is 28.4 Å². The standard InChI is InChI=1S/C31H27BrN2O6/c1-34(2)31(38)40-28-17-16-22(32)19-25(28)29(35)33-26(30(36)37)18-20-12-14-21(15-13-20)24-10-6-7-11-27(24)39-23-8-4-3-5-9-23/h3-17,19,26H,18H2,1-2H3,(H,33,35)(H,36,37)/t26-/m0/s1. The minimum atomic E-state index is -1.22. The van der Waals surface area contributed by atoms with Gasteiger partial charge in [0.05, 0.1) is 5.56 Å². The molecule has 204 valence electrons. The van der Waals surface area contributed by atoms with E-state index < -0.39 is 24.0 Å². The molecule has 0 radical (unpaired) electrons. The van der Waals surface area contributed by atoms with Gasteiger partial charge in [0.1, 0.15) is 23.3 Å². The first-order valence-electron chi connectivity index (χ1n) is 12.3. The molecule has 4 aromatic rings. The number of carbonyl (C=O) groups is 3. The molecule has 0 unspecified atom stereocenters. The molecule has 9 heteroatoms. The highest BCUT2D eigenvalue weighted by molar-refractivity contribution is 9.10. The summed E-state index contributed by atoms with van der Waals surface area (Å²) in [4.78, 5) is 38.4. The lowest BCUT2D eigenvalue weighted by atomic mass is 9.99. The SMILES string of the molecule is CN(C)C(=O)Oc1ccc(Br)cc1C(=O)N[C@@H](Cc1ccc(-c2ccccc2Oc2ccccc2)cc1)C(=O)O. The van der Waals surface area contributed by atoms with E-state index in [2.05, 4.69) is 21.2 Å². The molecule has 0 aromatic heterocycles. The summed E-state index contributed by atoms with van der Waals surface area (Å²) in [6.07, 6.45) is -0.619. The Bertz CT molecular complexity index is 1510. The maximum atomic E-state index is 13.1. The van der Waals surface area contributed by atoms with Crippen LogP contribution in [-0.4, -0.2) is 48.1 Å². The maximum Gasteiger partial charge on any atom is 0.414 e. The molecule has 0 aliphatic carbocycles. The number of ether oxygens (including phenoxy) is 2. The highest BCUT2D eigenvalue weighted by Gasteiger charge is 2.24. The summed E-state index contributed by atoms with van der Waals surface area (Å²) in [6, 6.07) is 27.9. The molecule has 4 rings (SSSR count). The number of carbonyl (C=O) groups excluding carboxylic acids is 2. The van der Waals surface area contributed by atoms with Gasteiger partial charge < -0.3 is 24.8 Å². The van der Waals surface area contributed by atoms with Gasteiger partial charge in [-0.1, -0.05) is 76.6 Å². The van der Waals surface area contributed by atoms with Crippen LogP contribution >= 0.6 is 15.9 Å². The van der Waals surface area contributed by atoms with Crippen molar-refractivity contribution in [2.75, 3.05) is 14.1 Å². The zero-order chi connectivity index (χ0) is 28.6. The third-order valence-corrected chi connectivity index (χ3v) is 6.41. The van der Waals surface area contributed by atoms with Crippen LogP contribution in [0.1, 0.15) is 15.9 Å². The van der Waals surface area contributed by atoms with Crippen LogP contribution in [-0.2, 0) is 11.2 Å². The summed E-state index contributed by atoms with van der Waals surface area (Å²) in [6.45, 7) is 0. The fraction of sp³-hybridized carbons (Fsp3) is 0.129. The van der Waals surface area contributed by atoms with Crippen LogP contribution in [0, 0.1) is 0 Å². The van der Waals surface area contributed by atoms with E-state index in [1.54, 1.807) is 6.07 Å². The van der Waals surface area contributed by atoms with E-state index in [4.69, 9.17) is 9.47 Å². The van der Waals surface area contributed by atoms with Crippen molar-refractivity contribution in [2.45, 2.75) is 12.5 Å². The molecule has 4 aromatic carbocycles. The number of nitrogens with zero attached hydrogens (tertiary/aromatic N) is 1. The topological polar surface area (TPSA) is 105 Å². The number of amides is 2. The van der Waals surface area contributed by atoms with Gasteiger partial charge in [0, 0.05) is 30.6 Å². The Morgan fingerprint density at radius 1 is 0.875 bits per heavy atom. The van der Waals surface area contributed by atoms with Crippen LogP contribution < -0.4 is 14.8 Å². The van der Waals surface area contributed by atoms with E-state index in [1.807, 2.05) is 78.9 Å². The van der Waals surface area contributed by atoms with Crippen molar-refractivity contribution in [1.29, 1.82) is 0 Å². The van der Waals surface area contributed by atoms with Crippen LogP contribution in [0.15, 0.2) is 102 Å². The van der Waals surface area contributed by atoms with Gasteiger partial charge in [-0.15, -0.1) is 0 Å². The summed E-state index contributed by atoms with van der Waals surface area (Å²) in [5.74, 6) is -0.447. The molecule has 0 aliphatic heterocycles. The summed E-state index contributed by atoms with van der Waals surface area (Å²) in [5.41, 5.74) is 2.52. The molecule has 40 heavy (non-hydrogen) atoms. The Kier molecular flexibility index (Phi) is 9.19. The van der Waals surface area contributed by atoms with Gasteiger partial charge in [0.15, 0.2) is 0 Å². The van der Waals surface area contributed by atoms with E-state index >= 15 is 0 Å². The van der Waals surface area contributed by atoms with Gasteiger partial charge in [-0.25, -0.2) is 9.59 Å². The van der Waals surface area contributed by atoms with Gasteiger partial charge in [0.25, 0.3) is 5.91 Å². The van der Waals surface area contributed by atoms with Gasteiger partial charge in [-0.05, 0) is 47.5 Å². The van der Waals surface area contributed by atoms with Crippen LogP contribution in [0.3, 0.4) is 0 Å². The fourth-order valence-corrected chi connectivity index (χ4v) is 4.22. The smallest absolute Gasteiger partial charge is 0.414 e. The number of nitrogens with one attached hydrogen (secondary N) is 1. The first-order chi connectivity index (χ1) is 19.2. The second-order valence-electron chi connectivity index (χ2n) is 9.08. The number of rotatable bonds is 9. The first kappa shape index (κ1) is 28.4. The summed E-state index contributed by atoms with van der Waals surface area (Å²) in [5, 5.41) is 12.4. The van der Waals surface area contributed by atoms with E-state index in [0.717, 1.165) is 16.9 Å². The predicted octanol–water partition coefficient (Wildman–Crippen LogP) is 6.39. The average Bonchev–Trinajstić information content (AvgIpc) is 2.94. The molecule has 1 atom stereocenters. The number of para-hydroxylation sites is 2. The third kappa shape index (κ3) is 7.27. The predicted molar refractivity (Wildman–Crippen MR) is 155 cm³/mol. The lowest BCUT2D eigenvalue weighted by Crippen LogP contribution is -2.42. The van der Waals surface area contributed by atoms with E-state index in [0.29, 0.717) is 15.8 Å². The minimum absolute atomic E-state index is 0.0179. The van der Waals surface area contributed by atoms with Crippen LogP contribution in [0.25, 0.3) is 11.1 Å². The van der Waals surface area contributed by atoms with Crippen LogP contribution in [0.5, 0.6) is 17.2 Å². The van der Waals surface area contributed by atoms with Crippen LogP contribution in [0.2, 0.25) is 0 Å². The number of halogens is 1. The Balaban J connectivity index is 1.50. The van der Waals surface area contributed by atoms with Crippen molar-refractivity contribution in [2.24, 2.45) is 0 Å². The van der Waals surface area contributed by atoms with E-state index in [1.165, 1.54) is 31.1 Å². The number of hydrogen-bond donors (Lipinski definition) is 2. The van der Waals surface area contributed by atoms with E-state index in [9.17, 15) is 19.5 Å². The van der Waals surface area contributed by atoms with Crippen molar-refractivity contribution < 1.29 is 29.0 Å². The van der Waals surface area contributed by atoms with Crippen molar-refractivity contribution >= 4 is 33.9 Å². The zero-order valence-corrected chi connectivity index (χ0v) is 23.4. The second-order valence-corrected chi connectivity index (χ2v) is 10.00. The molecule has 0 heterocycles. The number of aliphatic carboxylic acids is 1. The summed E-state index contributed by atoms with van der Waals surface area (Å²) < 4.78 is 11.9. The molecule has 0 bridgehead atoms. The Labute approximate surface area is 240 Å². The normalized spacial score (nSPS) is 11.3. The monoisotopic (exact) mass is 602 g/mol. The molecular formula is C31H27BrN2O6. The van der Waals surface area contributed by atoms with Gasteiger partial charge in [0.2, 0.25) is 0 Å². The molecule has 8 nitrogen and oxygen atoms in total. The lowest BCUT2D eigenvalue weighted by molar-refractivity contribution is -0.139. The molecule has 0 saturated carbocycles. The Morgan fingerprint density at radius 3 is 2.23 bits per heavy atom. The molecule has 0 saturated heterocycles. The second kappa shape index (κ2) is 12.9. The molecule has 0 aliphatic rings. The molecule has 0 spiro atoms. The van der Waals surface area contributed by atoms with Gasteiger partial charge in [-0.2, -0.15) is 0 Å². The highest BCUT2D eigenvalue weighted by atomic mass is 79.9. The Hall–Kier alpha value is -4.63. The van der Waals surface area contributed by atoms with Crippen LogP contribution in [0.4, 0.5) is 4.79 Å².